The van der Waals surface area contributed by atoms with E-state index in [4.69, 9.17) is 5.84 Å². The molecule has 64 valence electrons. The highest BCUT2D eigenvalue weighted by Crippen LogP contribution is 2.22. The molecule has 0 aromatic rings. The van der Waals surface area contributed by atoms with E-state index in [9.17, 15) is 0 Å². The van der Waals surface area contributed by atoms with Crippen molar-refractivity contribution in [3.8, 4) is 0 Å². The first-order valence-corrected chi connectivity index (χ1v) is 4.67. The molecule has 2 unspecified atom stereocenters. The minimum absolute atomic E-state index is 0.706. The summed E-state index contributed by atoms with van der Waals surface area (Å²) in [5.74, 6) is 6.26. The lowest BCUT2D eigenvalue weighted by Gasteiger charge is -2.46. The van der Waals surface area contributed by atoms with Crippen molar-refractivity contribution >= 4 is 0 Å². The van der Waals surface area contributed by atoms with E-state index in [1.165, 1.54) is 25.8 Å². The second-order valence-corrected chi connectivity index (χ2v) is 3.90. The van der Waals surface area contributed by atoms with E-state index in [-0.39, 0.29) is 0 Å². The number of piperidine rings is 1. The number of nitrogens with zero attached hydrogens (tertiary/aromatic N) is 1. The van der Waals surface area contributed by atoms with Gasteiger partial charge in [-0.1, -0.05) is 0 Å². The number of rotatable bonds is 0. The van der Waals surface area contributed by atoms with Gasteiger partial charge in [0.15, 0.2) is 0 Å². The molecular formula is C8H18N3+. The second-order valence-electron chi connectivity index (χ2n) is 3.90. The van der Waals surface area contributed by atoms with Crippen LogP contribution in [0.2, 0.25) is 0 Å². The van der Waals surface area contributed by atoms with Crippen molar-refractivity contribution in [1.82, 2.24) is 5.32 Å². The first-order chi connectivity index (χ1) is 5.31. The van der Waals surface area contributed by atoms with Crippen LogP contribution in [0, 0.1) is 0 Å². The number of nitrogens with one attached hydrogen (secondary N) is 1. The number of hydrogen-bond acceptors (Lipinski definition) is 2. The Bertz CT molecular complexity index is 134. The summed E-state index contributed by atoms with van der Waals surface area (Å²) in [6, 6.07) is 0.706. The van der Waals surface area contributed by atoms with E-state index in [2.05, 4.69) is 5.32 Å². The maximum Gasteiger partial charge on any atom is 0.119 e. The Morgan fingerprint density at radius 2 is 2.18 bits per heavy atom. The van der Waals surface area contributed by atoms with Crippen LogP contribution in [-0.4, -0.2) is 36.8 Å². The Morgan fingerprint density at radius 3 is 3.00 bits per heavy atom. The average Bonchev–Trinajstić information content (AvgIpc) is 2.03. The Labute approximate surface area is 68.1 Å². The van der Waals surface area contributed by atoms with Gasteiger partial charge in [0.2, 0.25) is 0 Å². The van der Waals surface area contributed by atoms with E-state index in [1.807, 2.05) is 0 Å². The third-order valence-electron chi connectivity index (χ3n) is 3.17. The second kappa shape index (κ2) is 2.73. The quantitative estimate of drug-likeness (QED) is 0.377. The smallest absolute Gasteiger partial charge is 0.119 e. The monoisotopic (exact) mass is 156 g/mol. The van der Waals surface area contributed by atoms with Crippen LogP contribution in [0.1, 0.15) is 19.3 Å². The van der Waals surface area contributed by atoms with E-state index in [0.29, 0.717) is 6.04 Å². The maximum absolute atomic E-state index is 6.26. The molecule has 0 bridgehead atoms. The van der Waals surface area contributed by atoms with Gasteiger partial charge in [0, 0.05) is 19.5 Å². The molecule has 3 heteroatoms. The van der Waals surface area contributed by atoms with Crippen LogP contribution < -0.4 is 11.2 Å². The van der Waals surface area contributed by atoms with Crippen LogP contribution in [0.3, 0.4) is 0 Å². The fourth-order valence-electron chi connectivity index (χ4n) is 2.36. The summed E-state index contributed by atoms with van der Waals surface area (Å²) in [6.45, 7) is 4.57. The van der Waals surface area contributed by atoms with E-state index < -0.39 is 0 Å². The highest BCUT2D eigenvalue weighted by molar-refractivity contribution is 4.71. The predicted octanol–water partition coefficient (Wildman–Crippen LogP) is -0.167. The Balaban J connectivity index is 2.06. The van der Waals surface area contributed by atoms with Crippen molar-refractivity contribution < 1.29 is 4.59 Å². The predicted molar refractivity (Wildman–Crippen MR) is 44.7 cm³/mol. The third-order valence-corrected chi connectivity index (χ3v) is 3.17. The van der Waals surface area contributed by atoms with Crippen molar-refractivity contribution in [2.45, 2.75) is 25.3 Å². The van der Waals surface area contributed by atoms with Crippen LogP contribution in [0.4, 0.5) is 0 Å². The van der Waals surface area contributed by atoms with Crippen molar-refractivity contribution in [1.29, 1.82) is 0 Å². The van der Waals surface area contributed by atoms with E-state index in [1.54, 1.807) is 0 Å². The molecule has 11 heavy (non-hydrogen) atoms. The van der Waals surface area contributed by atoms with Crippen LogP contribution in [0.5, 0.6) is 0 Å². The van der Waals surface area contributed by atoms with Gasteiger partial charge in [-0.15, -0.1) is 0 Å². The van der Waals surface area contributed by atoms with Gasteiger partial charge in [-0.2, -0.15) is 5.84 Å². The molecule has 0 aromatic carbocycles. The summed E-state index contributed by atoms with van der Waals surface area (Å²) in [4.78, 5) is 0. The summed E-state index contributed by atoms with van der Waals surface area (Å²) in [7, 11) is 0. The molecule has 0 radical (unpaired) electrons. The summed E-state index contributed by atoms with van der Waals surface area (Å²) in [6.07, 6.45) is 4.03. The standard InChI is InChI=1S/C8H18N3/c9-11-5-2-1-3-8(11)7-10-4-6-11/h8,10H,1-7,9H2/q+1. The molecule has 0 aliphatic carbocycles. The number of nitrogens with two attached hydrogens (primary N) is 1. The fraction of sp³-hybridized carbons (Fsp3) is 1.00. The summed E-state index contributed by atoms with van der Waals surface area (Å²) >= 11 is 0. The Hall–Kier alpha value is -0.120. The molecule has 2 saturated heterocycles. The van der Waals surface area contributed by atoms with Gasteiger partial charge in [0.1, 0.15) is 12.6 Å². The minimum atomic E-state index is 0.706. The fourth-order valence-corrected chi connectivity index (χ4v) is 2.36. The molecule has 2 heterocycles. The number of hydrogen-bond donors (Lipinski definition) is 2. The van der Waals surface area contributed by atoms with Crippen LogP contribution in [0.25, 0.3) is 0 Å². The van der Waals surface area contributed by atoms with Gasteiger partial charge in [0.05, 0.1) is 6.54 Å². The zero-order valence-electron chi connectivity index (χ0n) is 7.05. The molecule has 0 spiro atoms. The highest BCUT2D eigenvalue weighted by atomic mass is 15.6. The normalized spacial score (nSPS) is 45.0. The lowest BCUT2D eigenvalue weighted by molar-refractivity contribution is -0.968. The zero-order valence-corrected chi connectivity index (χ0v) is 7.05. The van der Waals surface area contributed by atoms with Crippen molar-refractivity contribution in [3.05, 3.63) is 0 Å². The van der Waals surface area contributed by atoms with Gasteiger partial charge >= 0.3 is 0 Å². The molecule has 3 nitrogen and oxygen atoms in total. The molecule has 0 amide bonds. The molecule has 3 N–H and O–H groups in total. The molecule has 2 atom stereocenters. The van der Waals surface area contributed by atoms with Crippen LogP contribution in [0.15, 0.2) is 0 Å². The molecular weight excluding hydrogens is 138 g/mol. The molecule has 2 aliphatic rings. The Morgan fingerprint density at radius 1 is 1.27 bits per heavy atom. The van der Waals surface area contributed by atoms with E-state index >= 15 is 0 Å². The van der Waals surface area contributed by atoms with Gasteiger partial charge in [-0.05, 0) is 12.8 Å². The molecule has 2 fully saturated rings. The van der Waals surface area contributed by atoms with Gasteiger partial charge in [-0.3, -0.25) is 0 Å². The first-order valence-electron chi connectivity index (χ1n) is 4.67. The number of fused-ring (bicyclic) bond motifs is 1. The topological polar surface area (TPSA) is 38.0 Å². The molecule has 0 aromatic heterocycles. The van der Waals surface area contributed by atoms with Crippen LogP contribution in [-0.2, 0) is 0 Å². The SMILES string of the molecule is N[N+]12CCCCC1CNCC2. The largest absolute Gasteiger partial charge is 0.306 e. The molecule has 2 rings (SSSR count). The van der Waals surface area contributed by atoms with Gasteiger partial charge < -0.3 is 5.32 Å². The van der Waals surface area contributed by atoms with E-state index in [0.717, 1.165) is 24.2 Å². The minimum Gasteiger partial charge on any atom is -0.306 e. The van der Waals surface area contributed by atoms with Gasteiger partial charge in [-0.25, -0.2) is 4.59 Å². The van der Waals surface area contributed by atoms with Crippen molar-refractivity contribution in [2.75, 3.05) is 26.2 Å². The number of piperazine rings is 1. The van der Waals surface area contributed by atoms with Gasteiger partial charge in [0.25, 0.3) is 0 Å². The van der Waals surface area contributed by atoms with Crippen LogP contribution >= 0.6 is 0 Å². The zero-order chi connectivity index (χ0) is 7.73. The average molecular weight is 156 g/mol. The lowest BCUT2D eigenvalue weighted by Crippen LogP contribution is -2.70. The summed E-state index contributed by atoms with van der Waals surface area (Å²) in [5, 5.41) is 3.41. The summed E-state index contributed by atoms with van der Waals surface area (Å²) < 4.78 is 0.854. The van der Waals surface area contributed by atoms with Crippen molar-refractivity contribution in [2.24, 2.45) is 5.84 Å². The van der Waals surface area contributed by atoms with Crippen molar-refractivity contribution in [3.63, 3.8) is 0 Å². The lowest BCUT2D eigenvalue weighted by atomic mass is 9.99. The highest BCUT2D eigenvalue weighted by Gasteiger charge is 2.38. The molecule has 0 saturated carbocycles. The number of quaternary nitrogens is 1. The third kappa shape index (κ3) is 1.28. The molecule has 2 aliphatic heterocycles. The first kappa shape index (κ1) is 7.53. The maximum atomic E-state index is 6.26. The summed E-state index contributed by atoms with van der Waals surface area (Å²) in [5.41, 5.74) is 0. The Kier molecular flexibility index (Phi) is 1.87.